The minimum absolute atomic E-state index is 0.366. The lowest BCUT2D eigenvalue weighted by molar-refractivity contribution is 0.548. The Balaban J connectivity index is 3.05. The highest BCUT2D eigenvalue weighted by Gasteiger charge is 1.72. The molecule has 0 unspecified atom stereocenters. The molecule has 0 saturated carbocycles. The summed E-state index contributed by atoms with van der Waals surface area (Å²) >= 11 is 0. The van der Waals surface area contributed by atoms with Crippen LogP contribution in [0.15, 0.2) is 5.70 Å². The van der Waals surface area contributed by atoms with Crippen LogP contribution in [0.4, 0.5) is 0 Å². The Kier molecular flexibility index (Phi) is 2.13. The van der Waals surface area contributed by atoms with Crippen molar-refractivity contribution in [1.29, 1.82) is 0 Å². The van der Waals surface area contributed by atoms with Gasteiger partial charge in [0.2, 0.25) is 0 Å². The maximum absolute atomic E-state index is 9.28. The largest absolute Gasteiger partial charge is 0.322 e. The third-order valence-electron chi connectivity index (χ3n) is 0.248. The van der Waals surface area contributed by atoms with Gasteiger partial charge in [-0.25, -0.2) is 0 Å². The van der Waals surface area contributed by atoms with Crippen LogP contribution in [0.3, 0.4) is 0 Å². The maximum atomic E-state index is 9.28. The van der Waals surface area contributed by atoms with Crippen molar-refractivity contribution in [2.75, 3.05) is 0 Å². The van der Waals surface area contributed by atoms with Crippen molar-refractivity contribution in [3.8, 4) is 0 Å². The summed E-state index contributed by atoms with van der Waals surface area (Å²) < 4.78 is 0. The standard InChI is InChI=1S/C4H5NO/c1-4(2)5-3-6/h1H,2H3,(H,5,6). The molecular formula is C4H5NO. The van der Waals surface area contributed by atoms with Crippen molar-refractivity contribution in [1.82, 2.24) is 5.32 Å². The van der Waals surface area contributed by atoms with E-state index in [1.165, 1.54) is 6.41 Å². The zero-order valence-corrected chi connectivity index (χ0v) is 3.49. The summed E-state index contributed by atoms with van der Waals surface area (Å²) in [5.41, 5.74) is 0.366. The molecule has 0 aliphatic rings. The van der Waals surface area contributed by atoms with Crippen LogP contribution < -0.4 is 5.32 Å². The third-order valence-corrected chi connectivity index (χ3v) is 0.248. The minimum Gasteiger partial charge on any atom is -0.322 e. The molecule has 0 aromatic rings. The predicted octanol–water partition coefficient (Wildman–Crippen LogP) is -0.0200. The molecule has 0 bridgehead atoms. The molecule has 0 aliphatic heterocycles. The molecule has 0 fully saturated rings. The van der Waals surface area contributed by atoms with Gasteiger partial charge >= 0.3 is 6.41 Å². The lowest BCUT2D eigenvalue weighted by atomic mass is 10.6. The first-order chi connectivity index (χ1) is 2.77. The number of allylic oxidation sites excluding steroid dienone is 1. The van der Waals surface area contributed by atoms with E-state index in [0.717, 1.165) is 0 Å². The van der Waals surface area contributed by atoms with E-state index in [1.54, 1.807) is 6.92 Å². The van der Waals surface area contributed by atoms with Gasteiger partial charge in [0.1, 0.15) is 0 Å². The third kappa shape index (κ3) is 3.21. The monoisotopic (exact) mass is 83.0 g/mol. The fraction of sp³-hybridized carbons (Fsp3) is 0.250. The van der Waals surface area contributed by atoms with Crippen molar-refractivity contribution in [2.45, 2.75) is 6.92 Å². The fourth-order valence-electron chi connectivity index (χ4n) is 0.0805. The van der Waals surface area contributed by atoms with E-state index in [-0.39, 0.29) is 0 Å². The summed E-state index contributed by atoms with van der Waals surface area (Å²) in [6.07, 6.45) is 1.41. The van der Waals surface area contributed by atoms with Gasteiger partial charge < -0.3 is 5.32 Å². The second kappa shape index (κ2) is 2.45. The van der Waals surface area contributed by atoms with Gasteiger partial charge in [-0.3, -0.25) is 4.79 Å². The molecule has 1 N–H and O–H groups in total. The van der Waals surface area contributed by atoms with Crippen LogP contribution >= 0.6 is 0 Å². The summed E-state index contributed by atoms with van der Waals surface area (Å²) in [7, 11) is 0. The molecule has 0 atom stereocenters. The van der Waals surface area contributed by atoms with Crippen LogP contribution in [0.5, 0.6) is 0 Å². The number of hydrogen-bond donors (Lipinski definition) is 1. The second-order valence-electron chi connectivity index (χ2n) is 0.910. The summed E-state index contributed by atoms with van der Waals surface area (Å²) in [6.45, 7) is 6.52. The zero-order valence-electron chi connectivity index (χ0n) is 3.49. The van der Waals surface area contributed by atoms with E-state index in [9.17, 15) is 4.79 Å². The molecule has 0 aliphatic carbocycles. The minimum atomic E-state index is 0.366. The summed E-state index contributed by atoms with van der Waals surface area (Å²) in [4.78, 5) is 9.28. The molecule has 2 heteroatoms. The molecule has 2 nitrogen and oxygen atoms in total. The van der Waals surface area contributed by atoms with Gasteiger partial charge in [-0.2, -0.15) is 0 Å². The molecule has 2 radical (unpaired) electrons. The van der Waals surface area contributed by atoms with E-state index < -0.39 is 0 Å². The van der Waals surface area contributed by atoms with E-state index in [4.69, 9.17) is 6.58 Å². The quantitative estimate of drug-likeness (QED) is 0.467. The highest BCUT2D eigenvalue weighted by molar-refractivity contribution is 5.49. The lowest BCUT2D eigenvalue weighted by Gasteiger charge is -1.84. The van der Waals surface area contributed by atoms with Gasteiger partial charge in [-0.05, 0) is 13.5 Å². The molecule has 0 aromatic heterocycles. The Morgan fingerprint density at radius 3 is 2.50 bits per heavy atom. The van der Waals surface area contributed by atoms with Crippen LogP contribution in [-0.2, 0) is 4.79 Å². The van der Waals surface area contributed by atoms with Crippen LogP contribution in [-0.4, -0.2) is 6.41 Å². The van der Waals surface area contributed by atoms with Crippen molar-refractivity contribution >= 4 is 6.41 Å². The molecule has 0 heterocycles. The predicted molar refractivity (Wildman–Crippen MR) is 22.3 cm³/mol. The first-order valence-electron chi connectivity index (χ1n) is 1.49. The number of rotatable bonds is 2. The maximum Gasteiger partial charge on any atom is 0.313 e. The summed E-state index contributed by atoms with van der Waals surface area (Å²) in [5, 5.41) is 2.10. The fourth-order valence-corrected chi connectivity index (χ4v) is 0.0805. The average molecular weight is 83.1 g/mol. The van der Waals surface area contributed by atoms with E-state index in [0.29, 0.717) is 5.70 Å². The highest BCUT2D eigenvalue weighted by atomic mass is 16.1. The molecule has 6 heavy (non-hydrogen) atoms. The summed E-state index contributed by atoms with van der Waals surface area (Å²) in [5.74, 6) is 0. The van der Waals surface area contributed by atoms with Crippen LogP contribution in [0.25, 0.3) is 0 Å². The lowest BCUT2D eigenvalue weighted by Crippen LogP contribution is -2.04. The van der Waals surface area contributed by atoms with E-state index >= 15 is 0 Å². The average Bonchev–Trinajstić information content (AvgIpc) is 1.35. The first-order valence-corrected chi connectivity index (χ1v) is 1.49. The molecule has 32 valence electrons. The topological polar surface area (TPSA) is 29.1 Å². The molecule has 0 aromatic carbocycles. The molecule has 0 rings (SSSR count). The van der Waals surface area contributed by atoms with Crippen molar-refractivity contribution in [3.63, 3.8) is 0 Å². The Hall–Kier alpha value is -0.790. The van der Waals surface area contributed by atoms with Crippen LogP contribution in [0, 0.1) is 6.58 Å². The van der Waals surface area contributed by atoms with Gasteiger partial charge in [0.05, 0.1) is 0 Å². The molecule has 0 saturated heterocycles. The highest BCUT2D eigenvalue weighted by Crippen LogP contribution is 1.68. The number of carbonyl (C=O) groups excluding carboxylic acids is 1. The Morgan fingerprint density at radius 1 is 2.00 bits per heavy atom. The number of amides is 1. The van der Waals surface area contributed by atoms with Gasteiger partial charge in [-0.15, -0.1) is 0 Å². The molecule has 1 amide bonds. The van der Waals surface area contributed by atoms with Crippen LogP contribution in [0.2, 0.25) is 0 Å². The van der Waals surface area contributed by atoms with Crippen molar-refractivity contribution in [2.24, 2.45) is 0 Å². The SMILES string of the molecule is [CH]=C(C)N[C]=O. The smallest absolute Gasteiger partial charge is 0.313 e. The van der Waals surface area contributed by atoms with E-state index in [2.05, 4.69) is 5.32 Å². The van der Waals surface area contributed by atoms with Crippen molar-refractivity contribution in [3.05, 3.63) is 12.3 Å². The van der Waals surface area contributed by atoms with Gasteiger partial charge in [0.25, 0.3) is 0 Å². The Labute approximate surface area is 36.9 Å². The number of nitrogens with one attached hydrogen (secondary N) is 1. The van der Waals surface area contributed by atoms with Crippen LogP contribution in [0.1, 0.15) is 6.92 Å². The van der Waals surface area contributed by atoms with Gasteiger partial charge in [-0.1, -0.05) is 0 Å². The van der Waals surface area contributed by atoms with Gasteiger partial charge in [0, 0.05) is 5.70 Å². The zero-order chi connectivity index (χ0) is 4.99. The normalized spacial score (nSPS) is 6.83. The second-order valence-corrected chi connectivity index (χ2v) is 0.910. The Morgan fingerprint density at radius 2 is 2.50 bits per heavy atom. The van der Waals surface area contributed by atoms with E-state index in [1.807, 2.05) is 0 Å². The van der Waals surface area contributed by atoms with Gasteiger partial charge in [0.15, 0.2) is 0 Å². The molecule has 0 spiro atoms. The number of hydrogen-bond acceptors (Lipinski definition) is 1. The molecular weight excluding hydrogens is 78.0 g/mol. The first kappa shape index (κ1) is 5.21. The summed E-state index contributed by atoms with van der Waals surface area (Å²) in [6, 6.07) is 0. The van der Waals surface area contributed by atoms with Crippen molar-refractivity contribution < 1.29 is 4.79 Å². The Bertz CT molecular complexity index is 67.9.